The maximum Gasteiger partial charge on any atom is 0.244 e. The molecule has 8 heteroatoms. The molecule has 0 aliphatic carbocycles. The summed E-state index contributed by atoms with van der Waals surface area (Å²) in [5, 5.41) is 3.42. The highest BCUT2D eigenvalue weighted by Crippen LogP contribution is 2.27. The molecule has 0 heterocycles. The van der Waals surface area contributed by atoms with Gasteiger partial charge in [0, 0.05) is 22.3 Å². The standard InChI is InChI=1S/C24H24Cl2N2O3S/c1-16-9-17(2)24(18(3)10-16)32(30,31)28(14-19-7-5-4-6-8-19)15-23(29)27-22-12-20(25)11-21(26)13-22/h4-13H,14-15H2,1-3H3,(H,27,29). The van der Waals surface area contributed by atoms with Crippen LogP contribution in [0.5, 0.6) is 0 Å². The first-order valence-electron chi connectivity index (χ1n) is 9.94. The van der Waals surface area contributed by atoms with E-state index in [1.165, 1.54) is 4.31 Å². The molecule has 0 aliphatic rings. The van der Waals surface area contributed by atoms with E-state index in [0.29, 0.717) is 26.9 Å². The second-order valence-electron chi connectivity index (χ2n) is 7.69. The minimum atomic E-state index is -3.96. The van der Waals surface area contributed by atoms with Gasteiger partial charge in [-0.25, -0.2) is 8.42 Å². The lowest BCUT2D eigenvalue weighted by atomic mass is 10.1. The summed E-state index contributed by atoms with van der Waals surface area (Å²) in [6.07, 6.45) is 0. The van der Waals surface area contributed by atoms with Gasteiger partial charge in [0.05, 0.1) is 11.4 Å². The molecule has 3 rings (SSSR count). The Kier molecular flexibility index (Phi) is 7.62. The Bertz CT molecular complexity index is 1200. The molecule has 168 valence electrons. The molecule has 3 aromatic rings. The topological polar surface area (TPSA) is 66.5 Å². The van der Waals surface area contributed by atoms with Gasteiger partial charge in [0.2, 0.25) is 15.9 Å². The first-order chi connectivity index (χ1) is 15.1. The van der Waals surface area contributed by atoms with Gasteiger partial charge in [-0.1, -0.05) is 71.2 Å². The molecule has 32 heavy (non-hydrogen) atoms. The lowest BCUT2D eigenvalue weighted by Gasteiger charge is -2.24. The molecule has 0 fully saturated rings. The highest BCUT2D eigenvalue weighted by Gasteiger charge is 2.30. The van der Waals surface area contributed by atoms with Crippen LogP contribution in [0.2, 0.25) is 10.0 Å². The van der Waals surface area contributed by atoms with E-state index in [1.54, 1.807) is 32.0 Å². The first-order valence-corrected chi connectivity index (χ1v) is 12.1. The molecule has 0 saturated carbocycles. The molecular weight excluding hydrogens is 467 g/mol. The number of carbonyl (C=O) groups excluding carboxylic acids is 1. The van der Waals surface area contributed by atoms with E-state index >= 15 is 0 Å². The predicted octanol–water partition coefficient (Wildman–Crippen LogP) is 5.75. The third-order valence-corrected chi connectivity index (χ3v) is 7.40. The molecule has 5 nitrogen and oxygen atoms in total. The van der Waals surface area contributed by atoms with Crippen LogP contribution in [0.4, 0.5) is 5.69 Å². The minimum Gasteiger partial charge on any atom is -0.325 e. The summed E-state index contributed by atoms with van der Waals surface area (Å²) in [5.74, 6) is -0.495. The molecule has 0 aliphatic heterocycles. The Balaban J connectivity index is 1.95. The van der Waals surface area contributed by atoms with Crippen molar-refractivity contribution in [2.45, 2.75) is 32.2 Å². The Morgan fingerprint density at radius 3 is 2.03 bits per heavy atom. The van der Waals surface area contributed by atoms with E-state index < -0.39 is 15.9 Å². The molecule has 1 N–H and O–H groups in total. The third-order valence-electron chi connectivity index (χ3n) is 4.87. The minimum absolute atomic E-state index is 0.0552. The summed E-state index contributed by atoms with van der Waals surface area (Å²) in [5.41, 5.74) is 3.43. The normalized spacial score (nSPS) is 11.6. The molecule has 0 bridgehead atoms. The van der Waals surface area contributed by atoms with E-state index in [9.17, 15) is 13.2 Å². The molecule has 1 amide bonds. The zero-order valence-electron chi connectivity index (χ0n) is 18.0. The smallest absolute Gasteiger partial charge is 0.244 e. The second-order valence-corrected chi connectivity index (χ2v) is 10.4. The highest BCUT2D eigenvalue weighted by atomic mass is 35.5. The van der Waals surface area contributed by atoms with Gasteiger partial charge in [-0.2, -0.15) is 4.31 Å². The van der Waals surface area contributed by atoms with Gasteiger partial charge in [-0.05, 0) is 55.7 Å². The van der Waals surface area contributed by atoms with Crippen molar-refractivity contribution in [2.75, 3.05) is 11.9 Å². The Morgan fingerprint density at radius 1 is 0.906 bits per heavy atom. The van der Waals surface area contributed by atoms with Crippen molar-refractivity contribution in [1.29, 1.82) is 0 Å². The van der Waals surface area contributed by atoms with Gasteiger partial charge >= 0.3 is 0 Å². The average molecular weight is 491 g/mol. The van der Waals surface area contributed by atoms with Crippen LogP contribution in [-0.2, 0) is 21.4 Å². The van der Waals surface area contributed by atoms with Gasteiger partial charge in [0.25, 0.3) is 0 Å². The average Bonchev–Trinajstić information content (AvgIpc) is 2.66. The summed E-state index contributed by atoms with van der Waals surface area (Å²) in [4.78, 5) is 13.1. The monoisotopic (exact) mass is 490 g/mol. The number of nitrogens with one attached hydrogen (secondary N) is 1. The van der Waals surface area contributed by atoms with E-state index in [4.69, 9.17) is 23.2 Å². The zero-order chi connectivity index (χ0) is 23.5. The summed E-state index contributed by atoms with van der Waals surface area (Å²) < 4.78 is 28.6. The van der Waals surface area contributed by atoms with Crippen LogP contribution in [0.15, 0.2) is 65.6 Å². The molecule has 0 radical (unpaired) electrons. The van der Waals surface area contributed by atoms with Crippen molar-refractivity contribution in [3.05, 3.63) is 93.0 Å². The van der Waals surface area contributed by atoms with Crippen molar-refractivity contribution < 1.29 is 13.2 Å². The fourth-order valence-electron chi connectivity index (χ4n) is 3.70. The predicted molar refractivity (Wildman–Crippen MR) is 130 cm³/mol. The summed E-state index contributed by atoms with van der Waals surface area (Å²) >= 11 is 12.0. The Morgan fingerprint density at radius 2 is 1.47 bits per heavy atom. The molecule has 0 atom stereocenters. The number of benzene rings is 3. The first kappa shape index (κ1) is 24.3. The quantitative estimate of drug-likeness (QED) is 0.458. The zero-order valence-corrected chi connectivity index (χ0v) is 20.4. The Labute approximate surface area is 199 Å². The van der Waals surface area contributed by atoms with Crippen LogP contribution >= 0.6 is 23.2 Å². The number of rotatable bonds is 7. The summed E-state index contributed by atoms with van der Waals surface area (Å²) in [7, 11) is -3.96. The van der Waals surface area contributed by atoms with Crippen molar-refractivity contribution in [2.24, 2.45) is 0 Å². The number of sulfonamides is 1. The van der Waals surface area contributed by atoms with Crippen LogP contribution in [0.25, 0.3) is 0 Å². The molecule has 3 aromatic carbocycles. The largest absolute Gasteiger partial charge is 0.325 e. The number of hydrogen-bond acceptors (Lipinski definition) is 3. The fraction of sp³-hybridized carbons (Fsp3) is 0.208. The molecule has 0 aromatic heterocycles. The van der Waals surface area contributed by atoms with Crippen molar-refractivity contribution in [3.63, 3.8) is 0 Å². The molecule has 0 unspecified atom stereocenters. The maximum atomic E-state index is 13.7. The lowest BCUT2D eigenvalue weighted by Crippen LogP contribution is -2.38. The van der Waals surface area contributed by atoms with Crippen LogP contribution in [-0.4, -0.2) is 25.2 Å². The number of anilines is 1. The maximum absolute atomic E-state index is 13.7. The van der Waals surface area contributed by atoms with Gasteiger partial charge in [-0.3, -0.25) is 4.79 Å². The molecule has 0 saturated heterocycles. The number of nitrogens with zero attached hydrogens (tertiary/aromatic N) is 1. The van der Waals surface area contributed by atoms with E-state index in [0.717, 1.165) is 11.1 Å². The van der Waals surface area contributed by atoms with Crippen molar-refractivity contribution >= 4 is 44.8 Å². The fourth-order valence-corrected chi connectivity index (χ4v) is 6.02. The van der Waals surface area contributed by atoms with Crippen LogP contribution in [0.1, 0.15) is 22.3 Å². The van der Waals surface area contributed by atoms with Gasteiger partial charge < -0.3 is 5.32 Å². The second kappa shape index (κ2) is 10.0. The molecule has 0 spiro atoms. The lowest BCUT2D eigenvalue weighted by molar-refractivity contribution is -0.116. The molecular formula is C24H24Cl2N2O3S. The third kappa shape index (κ3) is 5.90. The number of aryl methyl sites for hydroxylation is 3. The summed E-state index contributed by atoms with van der Waals surface area (Å²) in [6, 6.07) is 17.5. The van der Waals surface area contributed by atoms with Crippen LogP contribution in [0, 0.1) is 20.8 Å². The van der Waals surface area contributed by atoms with Gasteiger partial charge in [-0.15, -0.1) is 0 Å². The van der Waals surface area contributed by atoms with E-state index in [-0.39, 0.29) is 18.0 Å². The number of halogens is 2. The highest BCUT2D eigenvalue weighted by molar-refractivity contribution is 7.89. The van der Waals surface area contributed by atoms with Crippen LogP contribution < -0.4 is 5.32 Å². The van der Waals surface area contributed by atoms with Crippen molar-refractivity contribution in [3.8, 4) is 0 Å². The SMILES string of the molecule is Cc1cc(C)c(S(=O)(=O)N(CC(=O)Nc2cc(Cl)cc(Cl)c2)Cc2ccccc2)c(C)c1. The number of amides is 1. The van der Waals surface area contributed by atoms with Gasteiger partial charge in [0.1, 0.15) is 0 Å². The van der Waals surface area contributed by atoms with E-state index in [1.807, 2.05) is 49.4 Å². The number of carbonyl (C=O) groups is 1. The number of hydrogen-bond donors (Lipinski definition) is 1. The van der Waals surface area contributed by atoms with Gasteiger partial charge in [0.15, 0.2) is 0 Å². The van der Waals surface area contributed by atoms with Crippen LogP contribution in [0.3, 0.4) is 0 Å². The van der Waals surface area contributed by atoms with E-state index in [2.05, 4.69) is 5.32 Å². The van der Waals surface area contributed by atoms with Crippen molar-refractivity contribution in [1.82, 2.24) is 4.31 Å². The Hall–Kier alpha value is -2.38. The summed E-state index contributed by atoms with van der Waals surface area (Å²) in [6.45, 7) is 5.14.